The van der Waals surface area contributed by atoms with Crippen LogP contribution in [0.3, 0.4) is 0 Å². The van der Waals surface area contributed by atoms with Crippen molar-refractivity contribution in [2.75, 3.05) is 31.1 Å². The average molecular weight is 251 g/mol. The molecule has 1 fully saturated rings. The average Bonchev–Trinajstić information content (AvgIpc) is 2.38. The van der Waals surface area contributed by atoms with Crippen molar-refractivity contribution in [3.8, 4) is 0 Å². The Kier molecular flexibility index (Phi) is 3.81. The molecule has 1 unspecified atom stereocenters. The Morgan fingerprint density at radius 2 is 1.89 bits per heavy atom. The van der Waals surface area contributed by atoms with Crippen molar-refractivity contribution in [1.29, 1.82) is 0 Å². The van der Waals surface area contributed by atoms with E-state index in [0.717, 1.165) is 13.1 Å². The Bertz CT molecular complexity index is 430. The van der Waals surface area contributed by atoms with E-state index in [9.17, 15) is 9.18 Å². The molecule has 18 heavy (non-hydrogen) atoms. The monoisotopic (exact) mass is 251 g/mol. The number of carbonyl (C=O) groups excluding carboxylic acids is 1. The Labute approximate surface area is 106 Å². The van der Waals surface area contributed by atoms with Gasteiger partial charge in [0.1, 0.15) is 5.82 Å². The number of halogens is 1. The van der Waals surface area contributed by atoms with E-state index in [-0.39, 0.29) is 17.8 Å². The maximum absolute atomic E-state index is 13.6. The van der Waals surface area contributed by atoms with Crippen LogP contribution in [0.25, 0.3) is 0 Å². The van der Waals surface area contributed by atoms with Crippen LogP contribution in [0.15, 0.2) is 24.3 Å². The molecule has 0 aliphatic carbocycles. The van der Waals surface area contributed by atoms with Gasteiger partial charge in [-0.3, -0.25) is 9.69 Å². The van der Waals surface area contributed by atoms with Crippen LogP contribution >= 0.6 is 0 Å². The lowest BCUT2D eigenvalue weighted by molar-refractivity contribution is -0.122. The van der Waals surface area contributed by atoms with Gasteiger partial charge in [0.15, 0.2) is 0 Å². The zero-order valence-corrected chi connectivity index (χ0v) is 10.5. The van der Waals surface area contributed by atoms with E-state index in [0.29, 0.717) is 18.8 Å². The highest BCUT2D eigenvalue weighted by Gasteiger charge is 2.24. The van der Waals surface area contributed by atoms with Gasteiger partial charge >= 0.3 is 0 Å². The summed E-state index contributed by atoms with van der Waals surface area (Å²) in [5.41, 5.74) is 5.91. The van der Waals surface area contributed by atoms with Gasteiger partial charge in [0.25, 0.3) is 0 Å². The van der Waals surface area contributed by atoms with E-state index in [1.54, 1.807) is 19.1 Å². The van der Waals surface area contributed by atoms with E-state index < -0.39 is 0 Å². The summed E-state index contributed by atoms with van der Waals surface area (Å²) in [7, 11) is 0. The summed E-state index contributed by atoms with van der Waals surface area (Å²) in [5.74, 6) is -0.511. The molecule has 1 heterocycles. The summed E-state index contributed by atoms with van der Waals surface area (Å²) in [6.07, 6.45) is 0. The van der Waals surface area contributed by atoms with Gasteiger partial charge in [0.2, 0.25) is 5.91 Å². The molecular weight excluding hydrogens is 233 g/mol. The molecule has 2 rings (SSSR count). The molecule has 1 aromatic rings. The summed E-state index contributed by atoms with van der Waals surface area (Å²) < 4.78 is 13.6. The number of nitrogens with two attached hydrogens (primary N) is 1. The largest absolute Gasteiger partial charge is 0.368 e. The Morgan fingerprint density at radius 1 is 1.28 bits per heavy atom. The van der Waals surface area contributed by atoms with E-state index in [4.69, 9.17) is 5.73 Å². The topological polar surface area (TPSA) is 49.6 Å². The van der Waals surface area contributed by atoms with Gasteiger partial charge in [-0.1, -0.05) is 12.1 Å². The van der Waals surface area contributed by atoms with Crippen LogP contribution in [0.1, 0.15) is 6.92 Å². The van der Waals surface area contributed by atoms with Crippen LogP contribution in [0.4, 0.5) is 10.1 Å². The third-order valence-electron chi connectivity index (χ3n) is 3.47. The highest BCUT2D eigenvalue weighted by atomic mass is 19.1. The quantitative estimate of drug-likeness (QED) is 0.865. The van der Waals surface area contributed by atoms with Crippen LogP contribution in [0.5, 0.6) is 0 Å². The molecule has 1 amide bonds. The fraction of sp³-hybridized carbons (Fsp3) is 0.462. The second kappa shape index (κ2) is 5.35. The van der Waals surface area contributed by atoms with Crippen LogP contribution in [0.2, 0.25) is 0 Å². The zero-order chi connectivity index (χ0) is 13.1. The first-order valence-corrected chi connectivity index (χ1v) is 6.12. The third kappa shape index (κ3) is 2.61. The molecule has 0 saturated carbocycles. The van der Waals surface area contributed by atoms with Gasteiger partial charge in [-0.2, -0.15) is 0 Å². The van der Waals surface area contributed by atoms with Crippen molar-refractivity contribution < 1.29 is 9.18 Å². The Hall–Kier alpha value is -1.62. The fourth-order valence-electron chi connectivity index (χ4n) is 2.24. The first-order chi connectivity index (χ1) is 8.59. The van der Waals surface area contributed by atoms with Crippen molar-refractivity contribution >= 4 is 11.6 Å². The number of para-hydroxylation sites is 1. The predicted molar refractivity (Wildman–Crippen MR) is 68.8 cm³/mol. The normalized spacial score (nSPS) is 18.7. The minimum Gasteiger partial charge on any atom is -0.368 e. The molecule has 5 heteroatoms. The highest BCUT2D eigenvalue weighted by molar-refractivity contribution is 5.79. The van der Waals surface area contributed by atoms with Crippen molar-refractivity contribution in [2.24, 2.45) is 5.73 Å². The number of hydrogen-bond donors (Lipinski definition) is 1. The molecule has 0 spiro atoms. The van der Waals surface area contributed by atoms with Crippen LogP contribution in [-0.4, -0.2) is 43.0 Å². The Balaban J connectivity index is 1.99. The Morgan fingerprint density at radius 3 is 2.44 bits per heavy atom. The van der Waals surface area contributed by atoms with Crippen molar-refractivity contribution in [2.45, 2.75) is 13.0 Å². The number of piperazine rings is 1. The summed E-state index contributed by atoms with van der Waals surface area (Å²) in [6, 6.07) is 6.50. The van der Waals surface area contributed by atoms with Crippen LogP contribution < -0.4 is 10.6 Å². The second-order valence-corrected chi connectivity index (χ2v) is 4.55. The number of amides is 1. The first kappa shape index (κ1) is 12.8. The maximum Gasteiger partial charge on any atom is 0.234 e. The maximum atomic E-state index is 13.6. The van der Waals surface area contributed by atoms with Gasteiger partial charge in [0, 0.05) is 26.2 Å². The van der Waals surface area contributed by atoms with Gasteiger partial charge in [-0.25, -0.2) is 4.39 Å². The molecule has 0 bridgehead atoms. The van der Waals surface area contributed by atoms with Gasteiger partial charge in [-0.15, -0.1) is 0 Å². The molecule has 1 aromatic carbocycles. The minimum absolute atomic E-state index is 0.200. The first-order valence-electron chi connectivity index (χ1n) is 6.12. The molecule has 4 nitrogen and oxygen atoms in total. The molecule has 0 radical (unpaired) electrons. The lowest BCUT2D eigenvalue weighted by Crippen LogP contribution is -2.53. The predicted octanol–water partition coefficient (Wildman–Crippen LogP) is 0.822. The van der Waals surface area contributed by atoms with E-state index in [1.165, 1.54) is 6.07 Å². The lowest BCUT2D eigenvalue weighted by atomic mass is 10.2. The van der Waals surface area contributed by atoms with Gasteiger partial charge in [0.05, 0.1) is 11.7 Å². The van der Waals surface area contributed by atoms with Crippen molar-refractivity contribution in [1.82, 2.24) is 4.90 Å². The number of rotatable bonds is 3. The number of benzene rings is 1. The van der Waals surface area contributed by atoms with Gasteiger partial charge < -0.3 is 10.6 Å². The standard InChI is InChI=1S/C13H18FN3O/c1-10(13(15)18)16-6-8-17(9-7-16)12-5-3-2-4-11(12)14/h2-5,10H,6-9H2,1H3,(H2,15,18). The SMILES string of the molecule is CC(C(N)=O)N1CCN(c2ccccc2F)CC1. The van der Waals surface area contributed by atoms with Crippen molar-refractivity contribution in [3.05, 3.63) is 30.1 Å². The lowest BCUT2D eigenvalue weighted by Gasteiger charge is -2.38. The summed E-state index contributed by atoms with van der Waals surface area (Å²) in [4.78, 5) is 15.1. The molecule has 0 aromatic heterocycles. The van der Waals surface area contributed by atoms with Crippen LogP contribution in [0, 0.1) is 5.82 Å². The molecule has 1 aliphatic rings. The fourth-order valence-corrected chi connectivity index (χ4v) is 2.24. The van der Waals surface area contributed by atoms with E-state index in [2.05, 4.69) is 0 Å². The van der Waals surface area contributed by atoms with Crippen LogP contribution in [-0.2, 0) is 4.79 Å². The van der Waals surface area contributed by atoms with Gasteiger partial charge in [-0.05, 0) is 19.1 Å². The molecule has 2 N–H and O–H groups in total. The number of hydrogen-bond acceptors (Lipinski definition) is 3. The number of primary amides is 1. The summed E-state index contributed by atoms with van der Waals surface area (Å²) >= 11 is 0. The van der Waals surface area contributed by atoms with Crippen molar-refractivity contribution in [3.63, 3.8) is 0 Å². The van der Waals surface area contributed by atoms with E-state index >= 15 is 0 Å². The number of carbonyl (C=O) groups is 1. The molecule has 1 saturated heterocycles. The van der Waals surface area contributed by atoms with E-state index in [1.807, 2.05) is 15.9 Å². The second-order valence-electron chi connectivity index (χ2n) is 4.55. The molecule has 1 aliphatic heterocycles. The molecular formula is C13H18FN3O. The summed E-state index contributed by atoms with van der Waals surface area (Å²) in [6.45, 7) is 4.66. The third-order valence-corrected chi connectivity index (χ3v) is 3.47. The molecule has 98 valence electrons. The number of nitrogens with zero attached hydrogens (tertiary/aromatic N) is 2. The number of anilines is 1. The zero-order valence-electron chi connectivity index (χ0n) is 10.5. The molecule has 1 atom stereocenters. The highest BCUT2D eigenvalue weighted by Crippen LogP contribution is 2.20. The summed E-state index contributed by atoms with van der Waals surface area (Å²) in [5, 5.41) is 0. The smallest absolute Gasteiger partial charge is 0.234 e. The minimum atomic E-state index is -0.311.